The molecule has 3 rings (SSSR count). The Morgan fingerprint density at radius 1 is 1.43 bits per heavy atom. The lowest BCUT2D eigenvalue weighted by atomic mass is 10.0. The van der Waals surface area contributed by atoms with Gasteiger partial charge in [0.1, 0.15) is 5.65 Å². The second kappa shape index (κ2) is 2.95. The molecule has 2 heterocycles. The van der Waals surface area contributed by atoms with E-state index in [0.29, 0.717) is 0 Å². The van der Waals surface area contributed by atoms with E-state index in [2.05, 4.69) is 38.0 Å². The van der Waals surface area contributed by atoms with E-state index >= 15 is 0 Å². The van der Waals surface area contributed by atoms with Gasteiger partial charge in [0.15, 0.2) is 0 Å². The molecule has 0 bridgehead atoms. The maximum atomic E-state index is 4.32. The molecule has 1 aliphatic carbocycles. The summed E-state index contributed by atoms with van der Waals surface area (Å²) in [6.45, 7) is 0. The number of aromatic amines is 1. The van der Waals surface area contributed by atoms with Crippen molar-refractivity contribution in [3.63, 3.8) is 0 Å². The van der Waals surface area contributed by atoms with Crippen molar-refractivity contribution in [1.82, 2.24) is 9.97 Å². The van der Waals surface area contributed by atoms with Gasteiger partial charge in [-0.15, -0.1) is 0 Å². The van der Waals surface area contributed by atoms with Crippen LogP contribution in [0.4, 0.5) is 0 Å². The molecule has 2 nitrogen and oxygen atoms in total. The molecule has 0 saturated carbocycles. The highest BCUT2D eigenvalue weighted by Gasteiger charge is 2.16. The van der Waals surface area contributed by atoms with Crippen LogP contribution in [-0.4, -0.2) is 9.97 Å². The van der Waals surface area contributed by atoms with E-state index in [1.165, 1.54) is 21.1 Å². The monoisotopic (exact) mass is 248 g/mol. The number of pyridine rings is 1. The van der Waals surface area contributed by atoms with E-state index < -0.39 is 0 Å². The molecule has 0 amide bonds. The van der Waals surface area contributed by atoms with Crippen molar-refractivity contribution >= 4 is 31.4 Å². The number of fused-ring (bicyclic) bond motifs is 3. The first-order valence-electron chi connectivity index (χ1n) is 4.68. The number of halogens is 1. The predicted molar refractivity (Wildman–Crippen MR) is 61.3 cm³/mol. The van der Waals surface area contributed by atoms with Gasteiger partial charge in [-0.05, 0) is 25.0 Å². The molecule has 0 radical (unpaired) electrons. The zero-order chi connectivity index (χ0) is 9.54. The van der Waals surface area contributed by atoms with Crippen LogP contribution in [0.5, 0.6) is 0 Å². The zero-order valence-corrected chi connectivity index (χ0v) is 9.13. The van der Waals surface area contributed by atoms with Crippen molar-refractivity contribution in [3.8, 4) is 0 Å². The lowest BCUT2D eigenvalue weighted by Crippen LogP contribution is -1.93. The molecule has 0 fully saturated rings. The van der Waals surface area contributed by atoms with Gasteiger partial charge < -0.3 is 4.98 Å². The van der Waals surface area contributed by atoms with Crippen LogP contribution in [0.15, 0.2) is 24.4 Å². The van der Waals surface area contributed by atoms with Crippen LogP contribution >= 0.6 is 15.9 Å². The summed E-state index contributed by atoms with van der Waals surface area (Å²) in [6.07, 6.45) is 6.23. The molecule has 0 aliphatic heterocycles. The molecule has 0 atom stereocenters. The molecule has 0 aromatic carbocycles. The molecule has 1 aliphatic rings. The Morgan fingerprint density at radius 3 is 3.29 bits per heavy atom. The van der Waals surface area contributed by atoms with E-state index in [4.69, 9.17) is 0 Å². The van der Waals surface area contributed by atoms with Gasteiger partial charge in [-0.3, -0.25) is 0 Å². The molecule has 14 heavy (non-hydrogen) atoms. The van der Waals surface area contributed by atoms with Gasteiger partial charge in [-0.2, -0.15) is 0 Å². The Balaban J connectivity index is 2.42. The van der Waals surface area contributed by atoms with Crippen LogP contribution in [0.3, 0.4) is 0 Å². The summed E-state index contributed by atoms with van der Waals surface area (Å²) in [7, 11) is 0. The Hall–Kier alpha value is -1.09. The Bertz CT molecular complexity index is 525. The number of hydrogen-bond acceptors (Lipinski definition) is 1. The van der Waals surface area contributed by atoms with Crippen molar-refractivity contribution in [2.24, 2.45) is 0 Å². The summed E-state index contributed by atoms with van der Waals surface area (Å²) >= 11 is 3.60. The summed E-state index contributed by atoms with van der Waals surface area (Å²) < 4.78 is 1.19. The van der Waals surface area contributed by atoms with Gasteiger partial charge in [-0.1, -0.05) is 22.0 Å². The fraction of sp³-hybridized carbons (Fsp3) is 0.182. The van der Waals surface area contributed by atoms with Gasteiger partial charge >= 0.3 is 0 Å². The SMILES string of the molecule is BrC1=CCCc2[nH]c3ncccc3c21. The second-order valence-electron chi connectivity index (χ2n) is 3.47. The average Bonchev–Trinajstić information content (AvgIpc) is 2.57. The van der Waals surface area contributed by atoms with E-state index in [1.807, 2.05) is 12.3 Å². The molecule has 1 N–H and O–H groups in total. The van der Waals surface area contributed by atoms with E-state index in [9.17, 15) is 0 Å². The number of nitrogens with one attached hydrogen (secondary N) is 1. The molecule has 2 aromatic heterocycles. The minimum atomic E-state index is 0.991. The summed E-state index contributed by atoms with van der Waals surface area (Å²) in [5.41, 5.74) is 3.58. The molecule has 0 saturated heterocycles. The molecular weight excluding hydrogens is 240 g/mol. The lowest BCUT2D eigenvalue weighted by molar-refractivity contribution is 0.947. The Morgan fingerprint density at radius 2 is 2.36 bits per heavy atom. The zero-order valence-electron chi connectivity index (χ0n) is 7.55. The van der Waals surface area contributed by atoms with E-state index in [0.717, 1.165) is 18.5 Å². The lowest BCUT2D eigenvalue weighted by Gasteiger charge is -2.08. The predicted octanol–water partition coefficient (Wildman–Crippen LogP) is 3.24. The number of H-pyrrole nitrogens is 1. The van der Waals surface area contributed by atoms with Gasteiger partial charge in [0.05, 0.1) is 0 Å². The van der Waals surface area contributed by atoms with Crippen LogP contribution in [0, 0.1) is 0 Å². The van der Waals surface area contributed by atoms with Crippen molar-refractivity contribution in [1.29, 1.82) is 0 Å². The number of aryl methyl sites for hydroxylation is 1. The third-order valence-corrected chi connectivity index (χ3v) is 3.33. The Kier molecular flexibility index (Phi) is 1.74. The number of nitrogens with zero attached hydrogens (tertiary/aromatic N) is 1. The van der Waals surface area contributed by atoms with Crippen LogP contribution in [0.2, 0.25) is 0 Å². The summed E-state index contributed by atoms with van der Waals surface area (Å²) in [5.74, 6) is 0. The van der Waals surface area contributed by atoms with E-state index in [1.54, 1.807) is 0 Å². The smallest absolute Gasteiger partial charge is 0.138 e. The number of allylic oxidation sites excluding steroid dienone is 1. The highest BCUT2D eigenvalue weighted by atomic mass is 79.9. The molecule has 3 heteroatoms. The summed E-state index contributed by atoms with van der Waals surface area (Å²) in [5, 5.41) is 1.21. The highest BCUT2D eigenvalue weighted by Crippen LogP contribution is 2.35. The van der Waals surface area contributed by atoms with Crippen LogP contribution in [0.25, 0.3) is 15.5 Å². The van der Waals surface area contributed by atoms with Crippen molar-refractivity contribution in [3.05, 3.63) is 35.7 Å². The van der Waals surface area contributed by atoms with Gasteiger partial charge in [0.2, 0.25) is 0 Å². The normalized spacial score (nSPS) is 15.4. The molecule has 70 valence electrons. The minimum Gasteiger partial charge on any atom is -0.343 e. The van der Waals surface area contributed by atoms with E-state index in [-0.39, 0.29) is 0 Å². The first-order valence-corrected chi connectivity index (χ1v) is 5.47. The first kappa shape index (κ1) is 8.24. The van der Waals surface area contributed by atoms with Crippen LogP contribution < -0.4 is 0 Å². The Labute approximate surface area is 90.2 Å². The quantitative estimate of drug-likeness (QED) is 0.762. The largest absolute Gasteiger partial charge is 0.343 e. The number of aromatic nitrogens is 2. The summed E-state index contributed by atoms with van der Waals surface area (Å²) in [4.78, 5) is 7.68. The maximum absolute atomic E-state index is 4.32. The minimum absolute atomic E-state index is 0.991. The van der Waals surface area contributed by atoms with Gasteiger partial charge in [0, 0.05) is 27.3 Å². The fourth-order valence-corrected chi connectivity index (χ4v) is 2.66. The summed E-state index contributed by atoms with van der Waals surface area (Å²) in [6, 6.07) is 4.09. The van der Waals surface area contributed by atoms with Crippen LogP contribution in [-0.2, 0) is 6.42 Å². The van der Waals surface area contributed by atoms with Crippen LogP contribution in [0.1, 0.15) is 17.7 Å². The third-order valence-electron chi connectivity index (χ3n) is 2.60. The number of hydrogen-bond donors (Lipinski definition) is 1. The fourth-order valence-electron chi connectivity index (χ4n) is 1.98. The molecule has 2 aromatic rings. The van der Waals surface area contributed by atoms with Gasteiger partial charge in [-0.25, -0.2) is 4.98 Å². The standard InChI is InChI=1S/C11H9BrN2/c12-8-4-1-5-9-10(8)7-3-2-6-13-11(7)14-9/h2-4,6H,1,5H2,(H,13,14). The molecule has 0 unspecified atom stereocenters. The average molecular weight is 249 g/mol. The number of rotatable bonds is 0. The first-order chi connectivity index (χ1) is 6.86. The van der Waals surface area contributed by atoms with Crippen molar-refractivity contribution in [2.45, 2.75) is 12.8 Å². The topological polar surface area (TPSA) is 28.7 Å². The highest BCUT2D eigenvalue weighted by molar-refractivity contribution is 9.15. The third kappa shape index (κ3) is 1.05. The van der Waals surface area contributed by atoms with Crippen molar-refractivity contribution < 1.29 is 0 Å². The van der Waals surface area contributed by atoms with Gasteiger partial charge in [0.25, 0.3) is 0 Å². The maximum Gasteiger partial charge on any atom is 0.138 e. The second-order valence-corrected chi connectivity index (χ2v) is 4.32. The molecule has 0 spiro atoms. The van der Waals surface area contributed by atoms with Crippen molar-refractivity contribution in [2.75, 3.05) is 0 Å². The molecular formula is C11H9BrN2.